The maximum atomic E-state index is 12.9. The van der Waals surface area contributed by atoms with Gasteiger partial charge in [0.1, 0.15) is 0 Å². The fourth-order valence-electron chi connectivity index (χ4n) is 3.35. The molecule has 31 heavy (non-hydrogen) atoms. The predicted octanol–water partition coefficient (Wildman–Crippen LogP) is 3.60. The highest BCUT2D eigenvalue weighted by molar-refractivity contribution is 9.10. The van der Waals surface area contributed by atoms with E-state index in [0.29, 0.717) is 15.7 Å². The Kier molecular flexibility index (Phi) is 5.39. The number of nitrogens with one attached hydrogen (secondary N) is 1. The van der Waals surface area contributed by atoms with Crippen LogP contribution in [0.15, 0.2) is 65.1 Å². The van der Waals surface area contributed by atoms with Crippen molar-refractivity contribution in [2.75, 3.05) is 17.7 Å². The van der Waals surface area contributed by atoms with E-state index in [0.717, 1.165) is 0 Å². The summed E-state index contributed by atoms with van der Waals surface area (Å²) in [5.74, 6) is -2.20. The van der Waals surface area contributed by atoms with Crippen LogP contribution in [0.3, 0.4) is 0 Å². The molecule has 0 atom stereocenters. The molecule has 0 radical (unpaired) electrons. The summed E-state index contributed by atoms with van der Waals surface area (Å²) in [6, 6.07) is 16.1. The third kappa shape index (κ3) is 3.73. The zero-order valence-corrected chi connectivity index (χ0v) is 17.6. The summed E-state index contributed by atoms with van der Waals surface area (Å²) in [5.41, 5.74) is 6.98. The molecule has 3 aromatic carbocycles. The Morgan fingerprint density at radius 2 is 1.52 bits per heavy atom. The predicted molar refractivity (Wildman–Crippen MR) is 117 cm³/mol. The Hall–Kier alpha value is -3.78. The number of rotatable bonds is 4. The zero-order chi connectivity index (χ0) is 22.1. The average Bonchev–Trinajstić information content (AvgIpc) is 2.77. The highest BCUT2D eigenvalue weighted by atomic mass is 79.9. The first-order valence-electron chi connectivity index (χ1n) is 9.21. The average molecular weight is 479 g/mol. The number of anilines is 2. The fourth-order valence-corrected chi connectivity index (χ4v) is 3.73. The van der Waals surface area contributed by atoms with E-state index in [1.165, 1.54) is 18.2 Å². The number of para-hydroxylation sites is 1. The van der Waals surface area contributed by atoms with Gasteiger partial charge >= 0.3 is 5.97 Å². The SMILES string of the molecule is Nc1c(C(=O)OCC(=O)Nc2ccccc2Br)ccc2c1C(=O)c1ccccc1C2=O. The van der Waals surface area contributed by atoms with E-state index in [4.69, 9.17) is 10.5 Å². The van der Waals surface area contributed by atoms with E-state index >= 15 is 0 Å². The lowest BCUT2D eigenvalue weighted by Crippen LogP contribution is -2.25. The fraction of sp³-hybridized carbons (Fsp3) is 0.0435. The van der Waals surface area contributed by atoms with Crippen LogP contribution in [0.4, 0.5) is 11.4 Å². The van der Waals surface area contributed by atoms with Gasteiger partial charge in [-0.2, -0.15) is 0 Å². The monoisotopic (exact) mass is 478 g/mol. The molecule has 0 saturated carbocycles. The van der Waals surface area contributed by atoms with Gasteiger partial charge in [-0.1, -0.05) is 36.4 Å². The van der Waals surface area contributed by atoms with Crippen LogP contribution in [0.1, 0.15) is 42.2 Å². The second-order valence-corrected chi connectivity index (χ2v) is 7.61. The topological polar surface area (TPSA) is 116 Å². The molecule has 0 heterocycles. The first kappa shape index (κ1) is 20.5. The van der Waals surface area contributed by atoms with Crippen molar-refractivity contribution in [3.63, 3.8) is 0 Å². The van der Waals surface area contributed by atoms with Crippen molar-refractivity contribution in [3.8, 4) is 0 Å². The number of ketones is 2. The van der Waals surface area contributed by atoms with Crippen LogP contribution in [0, 0.1) is 0 Å². The minimum atomic E-state index is -0.873. The Morgan fingerprint density at radius 3 is 2.23 bits per heavy atom. The summed E-state index contributed by atoms with van der Waals surface area (Å²) in [7, 11) is 0. The second-order valence-electron chi connectivity index (χ2n) is 6.76. The van der Waals surface area contributed by atoms with E-state index in [9.17, 15) is 19.2 Å². The Balaban J connectivity index is 1.54. The number of esters is 1. The molecule has 1 amide bonds. The maximum absolute atomic E-state index is 12.9. The van der Waals surface area contributed by atoms with Crippen molar-refractivity contribution < 1.29 is 23.9 Å². The number of nitrogen functional groups attached to an aromatic ring is 1. The Morgan fingerprint density at radius 1 is 0.871 bits per heavy atom. The number of ether oxygens (including phenoxy) is 1. The van der Waals surface area contributed by atoms with E-state index in [-0.39, 0.29) is 33.7 Å². The number of benzene rings is 3. The zero-order valence-electron chi connectivity index (χ0n) is 16.0. The van der Waals surface area contributed by atoms with Crippen molar-refractivity contribution in [2.24, 2.45) is 0 Å². The van der Waals surface area contributed by atoms with Crippen molar-refractivity contribution in [1.82, 2.24) is 0 Å². The summed E-state index contributed by atoms with van der Waals surface area (Å²) < 4.78 is 5.74. The highest BCUT2D eigenvalue weighted by Gasteiger charge is 2.33. The third-order valence-electron chi connectivity index (χ3n) is 4.84. The third-order valence-corrected chi connectivity index (χ3v) is 5.53. The number of fused-ring (bicyclic) bond motifs is 2. The molecule has 4 rings (SSSR count). The van der Waals surface area contributed by atoms with E-state index in [1.54, 1.807) is 42.5 Å². The number of hydrogen-bond donors (Lipinski definition) is 2. The van der Waals surface area contributed by atoms with Crippen LogP contribution in [0.25, 0.3) is 0 Å². The number of nitrogens with two attached hydrogens (primary N) is 1. The minimum Gasteiger partial charge on any atom is -0.452 e. The van der Waals surface area contributed by atoms with Crippen LogP contribution < -0.4 is 11.1 Å². The van der Waals surface area contributed by atoms with Crippen LogP contribution >= 0.6 is 15.9 Å². The summed E-state index contributed by atoms with van der Waals surface area (Å²) in [5, 5.41) is 2.61. The largest absolute Gasteiger partial charge is 0.452 e. The standard InChI is InChI=1S/C23H15BrN2O5/c24-16-7-3-4-8-17(16)26-18(27)11-31-23(30)15-10-9-14-19(20(15)25)22(29)13-6-2-1-5-12(13)21(14)28/h1-10H,11,25H2,(H,26,27). The van der Waals surface area contributed by atoms with Gasteiger partial charge in [0, 0.05) is 21.2 Å². The van der Waals surface area contributed by atoms with Gasteiger partial charge in [0.15, 0.2) is 18.2 Å². The van der Waals surface area contributed by atoms with Gasteiger partial charge in [0.05, 0.1) is 22.5 Å². The van der Waals surface area contributed by atoms with Crippen LogP contribution in [0.2, 0.25) is 0 Å². The summed E-state index contributed by atoms with van der Waals surface area (Å²) in [6.45, 7) is -0.549. The molecule has 3 aromatic rings. The maximum Gasteiger partial charge on any atom is 0.340 e. The molecule has 0 fully saturated rings. The molecule has 0 bridgehead atoms. The molecule has 1 aliphatic rings. The van der Waals surface area contributed by atoms with E-state index < -0.39 is 24.3 Å². The lowest BCUT2D eigenvalue weighted by Gasteiger charge is -2.20. The number of carbonyl (C=O) groups excluding carboxylic acids is 4. The minimum absolute atomic E-state index is 0.0317. The molecule has 7 nitrogen and oxygen atoms in total. The first-order chi connectivity index (χ1) is 14.9. The van der Waals surface area contributed by atoms with Gasteiger partial charge in [0.25, 0.3) is 5.91 Å². The van der Waals surface area contributed by atoms with Gasteiger partial charge in [-0.15, -0.1) is 0 Å². The van der Waals surface area contributed by atoms with E-state index in [1.807, 2.05) is 0 Å². The summed E-state index contributed by atoms with van der Waals surface area (Å²) in [4.78, 5) is 50.3. The lowest BCUT2D eigenvalue weighted by atomic mass is 9.82. The van der Waals surface area contributed by atoms with Crippen molar-refractivity contribution in [2.45, 2.75) is 0 Å². The molecule has 0 aliphatic heterocycles. The molecule has 0 unspecified atom stereocenters. The van der Waals surface area contributed by atoms with Gasteiger partial charge in [-0.05, 0) is 40.2 Å². The second kappa shape index (κ2) is 8.16. The van der Waals surface area contributed by atoms with Gasteiger partial charge < -0.3 is 15.8 Å². The first-order valence-corrected chi connectivity index (χ1v) is 10.00. The molecule has 154 valence electrons. The quantitative estimate of drug-likeness (QED) is 0.342. The summed E-state index contributed by atoms with van der Waals surface area (Å²) in [6.07, 6.45) is 0. The molecular weight excluding hydrogens is 464 g/mol. The molecular formula is C23H15BrN2O5. The summed E-state index contributed by atoms with van der Waals surface area (Å²) >= 11 is 3.31. The van der Waals surface area contributed by atoms with Gasteiger partial charge in [-0.3, -0.25) is 14.4 Å². The van der Waals surface area contributed by atoms with Crippen LogP contribution in [-0.2, 0) is 9.53 Å². The van der Waals surface area contributed by atoms with Gasteiger partial charge in [0.2, 0.25) is 0 Å². The van der Waals surface area contributed by atoms with Gasteiger partial charge in [-0.25, -0.2) is 4.79 Å². The normalized spacial score (nSPS) is 12.0. The number of hydrogen-bond acceptors (Lipinski definition) is 6. The van der Waals surface area contributed by atoms with Crippen LogP contribution in [-0.4, -0.2) is 30.0 Å². The molecule has 0 saturated heterocycles. The molecule has 1 aliphatic carbocycles. The van der Waals surface area contributed by atoms with Crippen LogP contribution in [0.5, 0.6) is 0 Å². The van der Waals surface area contributed by atoms with E-state index in [2.05, 4.69) is 21.2 Å². The molecule has 8 heteroatoms. The Bertz CT molecular complexity index is 1270. The highest BCUT2D eigenvalue weighted by Crippen LogP contribution is 2.33. The van der Waals surface area contributed by atoms with Crippen molar-refractivity contribution in [1.29, 1.82) is 0 Å². The number of carbonyl (C=O) groups is 4. The van der Waals surface area contributed by atoms with Crippen molar-refractivity contribution >= 4 is 50.7 Å². The lowest BCUT2D eigenvalue weighted by molar-refractivity contribution is -0.119. The van der Waals surface area contributed by atoms with Crippen molar-refractivity contribution in [3.05, 3.63) is 93.0 Å². The molecule has 0 aromatic heterocycles. The Labute approximate surface area is 185 Å². The number of halogens is 1. The smallest absolute Gasteiger partial charge is 0.340 e. The molecule has 3 N–H and O–H groups in total. The molecule has 0 spiro atoms. The number of amides is 1.